The molecule has 1 aromatic heterocycles. The van der Waals surface area contributed by atoms with Gasteiger partial charge in [0.2, 0.25) is 0 Å². The minimum absolute atomic E-state index is 0.0854. The van der Waals surface area contributed by atoms with Crippen molar-refractivity contribution in [3.63, 3.8) is 0 Å². The van der Waals surface area contributed by atoms with Crippen LogP contribution in [0.2, 0.25) is 15.1 Å². The Balaban J connectivity index is 1.95. The highest BCUT2D eigenvalue weighted by atomic mass is 35.5. The van der Waals surface area contributed by atoms with E-state index in [4.69, 9.17) is 39.5 Å². The molecule has 3 aromatic rings. The summed E-state index contributed by atoms with van der Waals surface area (Å²) < 4.78 is 4.84. The van der Waals surface area contributed by atoms with Crippen molar-refractivity contribution in [2.24, 2.45) is 0 Å². The van der Waals surface area contributed by atoms with Crippen molar-refractivity contribution in [3.05, 3.63) is 79.1 Å². The molecule has 0 aliphatic rings. The van der Waals surface area contributed by atoms with Crippen LogP contribution in [0.3, 0.4) is 0 Å². The Morgan fingerprint density at radius 1 is 0.935 bits per heavy atom. The van der Waals surface area contributed by atoms with Crippen LogP contribution in [0.5, 0.6) is 0 Å². The molecule has 0 spiro atoms. The van der Waals surface area contributed by atoms with E-state index in [1.165, 1.54) is 25.3 Å². The van der Waals surface area contributed by atoms with Crippen molar-refractivity contribution in [2.45, 2.75) is 6.92 Å². The van der Waals surface area contributed by atoms with Crippen molar-refractivity contribution in [1.82, 2.24) is 0 Å². The summed E-state index contributed by atoms with van der Waals surface area (Å²) >= 11 is 18.9. The third kappa shape index (κ3) is 5.19. The van der Waals surface area contributed by atoms with Crippen molar-refractivity contribution < 1.29 is 19.1 Å². The number of benzene rings is 2. The summed E-state index contributed by atoms with van der Waals surface area (Å²) in [5.74, 6) is -1.71. The first kappa shape index (κ1) is 23.1. The van der Waals surface area contributed by atoms with Crippen LogP contribution in [0.25, 0.3) is 0 Å². The van der Waals surface area contributed by atoms with E-state index in [1.54, 1.807) is 31.2 Å². The van der Waals surface area contributed by atoms with E-state index in [0.29, 0.717) is 21.3 Å². The standard InChI is InChI=1S/C21H15Cl3N2O4S/c1-10-16(21(29)30-2)20(26-18(27)14-7-6-12(23)9-15(14)24)31-17(10)19(28)25-13-5-3-4-11(22)8-13/h3-9H,1-2H3,(H,25,28)(H,26,27). The number of thiophene rings is 1. The Morgan fingerprint density at radius 2 is 1.65 bits per heavy atom. The first-order chi connectivity index (χ1) is 14.7. The smallest absolute Gasteiger partial charge is 0.341 e. The Hall–Kier alpha value is -2.58. The van der Waals surface area contributed by atoms with Gasteiger partial charge < -0.3 is 15.4 Å². The number of nitrogens with one attached hydrogen (secondary N) is 2. The zero-order valence-corrected chi connectivity index (χ0v) is 19.3. The number of hydrogen-bond donors (Lipinski definition) is 2. The van der Waals surface area contributed by atoms with Gasteiger partial charge in [-0.25, -0.2) is 4.79 Å². The number of esters is 1. The Morgan fingerprint density at radius 3 is 2.29 bits per heavy atom. The third-order valence-electron chi connectivity index (χ3n) is 4.23. The Kier molecular flexibility index (Phi) is 7.23. The Bertz CT molecular complexity index is 1190. The second-order valence-corrected chi connectivity index (χ2v) is 8.60. The largest absolute Gasteiger partial charge is 0.465 e. The summed E-state index contributed by atoms with van der Waals surface area (Å²) in [4.78, 5) is 38.2. The summed E-state index contributed by atoms with van der Waals surface area (Å²) in [6, 6.07) is 11.1. The van der Waals surface area contributed by atoms with Gasteiger partial charge in [0.15, 0.2) is 0 Å². The Labute approximate surface area is 197 Å². The topological polar surface area (TPSA) is 84.5 Å². The van der Waals surface area contributed by atoms with Crippen LogP contribution in [-0.2, 0) is 4.74 Å². The molecule has 2 amide bonds. The third-order valence-corrected chi connectivity index (χ3v) is 6.22. The number of amides is 2. The normalized spacial score (nSPS) is 10.5. The fourth-order valence-corrected chi connectivity index (χ4v) is 4.53. The molecule has 2 N–H and O–H groups in total. The fourth-order valence-electron chi connectivity index (χ4n) is 2.76. The highest BCUT2D eigenvalue weighted by Crippen LogP contribution is 2.35. The van der Waals surface area contributed by atoms with Crippen LogP contribution in [0.1, 0.15) is 36.0 Å². The second-order valence-electron chi connectivity index (χ2n) is 6.29. The van der Waals surface area contributed by atoms with Gasteiger partial charge in [-0.3, -0.25) is 9.59 Å². The maximum Gasteiger partial charge on any atom is 0.341 e. The number of rotatable bonds is 5. The summed E-state index contributed by atoms with van der Waals surface area (Å²) in [5.41, 5.74) is 1.11. The van der Waals surface area contributed by atoms with E-state index in [0.717, 1.165) is 11.3 Å². The van der Waals surface area contributed by atoms with Gasteiger partial charge in [0.25, 0.3) is 11.8 Å². The van der Waals surface area contributed by atoms with Gasteiger partial charge in [0.05, 0.1) is 28.1 Å². The number of halogens is 3. The van der Waals surface area contributed by atoms with E-state index in [-0.39, 0.29) is 26.0 Å². The van der Waals surface area contributed by atoms with Crippen molar-refractivity contribution in [3.8, 4) is 0 Å². The van der Waals surface area contributed by atoms with Crippen LogP contribution in [-0.4, -0.2) is 24.9 Å². The van der Waals surface area contributed by atoms with Crippen LogP contribution in [0.4, 0.5) is 10.7 Å². The lowest BCUT2D eigenvalue weighted by Crippen LogP contribution is -2.15. The molecule has 0 aliphatic carbocycles. The average molecular weight is 498 g/mol. The number of carbonyl (C=O) groups excluding carboxylic acids is 3. The summed E-state index contributed by atoms with van der Waals surface area (Å²) in [6.07, 6.45) is 0. The average Bonchev–Trinajstić information content (AvgIpc) is 3.03. The minimum atomic E-state index is -0.687. The zero-order valence-electron chi connectivity index (χ0n) is 16.2. The molecule has 0 bridgehead atoms. The molecule has 0 fully saturated rings. The van der Waals surface area contributed by atoms with Crippen LogP contribution < -0.4 is 10.6 Å². The van der Waals surface area contributed by atoms with Gasteiger partial charge in [0, 0.05) is 15.7 Å². The number of carbonyl (C=O) groups is 3. The lowest BCUT2D eigenvalue weighted by molar-refractivity contribution is 0.0601. The molecular weight excluding hydrogens is 483 g/mol. The molecule has 3 rings (SSSR count). The fraction of sp³-hybridized carbons (Fsp3) is 0.0952. The monoisotopic (exact) mass is 496 g/mol. The molecule has 0 saturated carbocycles. The quantitative estimate of drug-likeness (QED) is 0.405. The van der Waals surface area contributed by atoms with Crippen molar-refractivity contribution >= 4 is 74.6 Å². The predicted molar refractivity (Wildman–Crippen MR) is 124 cm³/mol. The van der Waals surface area contributed by atoms with Gasteiger partial charge in [-0.2, -0.15) is 0 Å². The second kappa shape index (κ2) is 9.70. The van der Waals surface area contributed by atoms with E-state index >= 15 is 0 Å². The molecule has 0 saturated heterocycles. The van der Waals surface area contributed by atoms with Gasteiger partial charge in [-0.05, 0) is 48.9 Å². The lowest BCUT2D eigenvalue weighted by Gasteiger charge is -2.07. The number of anilines is 2. The van der Waals surface area contributed by atoms with Gasteiger partial charge in [0.1, 0.15) is 5.00 Å². The van der Waals surface area contributed by atoms with Gasteiger partial charge in [-0.1, -0.05) is 40.9 Å². The predicted octanol–water partition coefficient (Wildman–Crippen LogP) is 6.31. The number of ether oxygens (including phenoxy) is 1. The van der Waals surface area contributed by atoms with Crippen LogP contribution >= 0.6 is 46.1 Å². The molecular formula is C21H15Cl3N2O4S. The molecule has 10 heteroatoms. The SMILES string of the molecule is COC(=O)c1c(NC(=O)c2ccc(Cl)cc2Cl)sc(C(=O)Nc2cccc(Cl)c2)c1C. The van der Waals surface area contributed by atoms with Crippen LogP contribution in [0, 0.1) is 6.92 Å². The molecule has 160 valence electrons. The van der Waals surface area contributed by atoms with Crippen LogP contribution in [0.15, 0.2) is 42.5 Å². The molecule has 0 unspecified atom stereocenters. The van der Waals surface area contributed by atoms with E-state index in [1.807, 2.05) is 0 Å². The molecule has 0 atom stereocenters. The summed E-state index contributed by atoms with van der Waals surface area (Å²) in [7, 11) is 1.22. The summed E-state index contributed by atoms with van der Waals surface area (Å²) in [5, 5.41) is 6.52. The molecule has 31 heavy (non-hydrogen) atoms. The highest BCUT2D eigenvalue weighted by Gasteiger charge is 2.27. The maximum absolute atomic E-state index is 12.8. The van der Waals surface area contributed by atoms with E-state index in [9.17, 15) is 14.4 Å². The van der Waals surface area contributed by atoms with Gasteiger partial charge in [-0.15, -0.1) is 11.3 Å². The first-order valence-electron chi connectivity index (χ1n) is 8.76. The first-order valence-corrected chi connectivity index (χ1v) is 10.7. The molecule has 0 radical (unpaired) electrons. The van der Waals surface area contributed by atoms with E-state index in [2.05, 4.69) is 10.6 Å². The minimum Gasteiger partial charge on any atom is -0.465 e. The van der Waals surface area contributed by atoms with E-state index < -0.39 is 17.8 Å². The lowest BCUT2D eigenvalue weighted by atomic mass is 10.1. The number of methoxy groups -OCH3 is 1. The van der Waals surface area contributed by atoms with Gasteiger partial charge >= 0.3 is 5.97 Å². The van der Waals surface area contributed by atoms with Crippen molar-refractivity contribution in [2.75, 3.05) is 17.7 Å². The molecule has 6 nitrogen and oxygen atoms in total. The zero-order chi connectivity index (χ0) is 22.7. The molecule has 2 aromatic carbocycles. The molecule has 0 aliphatic heterocycles. The molecule has 1 heterocycles. The van der Waals surface area contributed by atoms with Crippen molar-refractivity contribution in [1.29, 1.82) is 0 Å². The summed E-state index contributed by atoms with van der Waals surface area (Å²) in [6.45, 7) is 1.60. The highest BCUT2D eigenvalue weighted by molar-refractivity contribution is 7.19. The number of hydrogen-bond acceptors (Lipinski definition) is 5. The maximum atomic E-state index is 12.8.